The highest BCUT2D eigenvalue weighted by molar-refractivity contribution is 6.33. The van der Waals surface area contributed by atoms with Gasteiger partial charge in [-0.15, -0.1) is 0 Å². The number of nitrogens with zero attached hydrogens (tertiary/aromatic N) is 3. The largest absolute Gasteiger partial charge is 0.504 e. The molecule has 4 aromatic rings. The zero-order valence-electron chi connectivity index (χ0n) is 31.3. The molecule has 2 saturated heterocycles. The Kier molecular flexibility index (Phi) is 10.1. The van der Waals surface area contributed by atoms with Gasteiger partial charge >= 0.3 is 18.5 Å². The van der Waals surface area contributed by atoms with E-state index in [9.17, 15) is 59.0 Å². The van der Waals surface area contributed by atoms with Crippen molar-refractivity contribution < 1.29 is 68.5 Å². The monoisotopic (exact) mass is 912 g/mol. The number of para-hydroxylation sites is 1. The third-order valence-electron chi connectivity index (χ3n) is 11.9. The number of carbonyl (C=O) groups excluding carboxylic acids is 4. The number of allylic oxidation sites excluding steroid dienone is 2. The predicted molar refractivity (Wildman–Crippen MR) is 200 cm³/mol. The minimum atomic E-state index is -5.32. The molecule has 6 atom stereocenters. The second kappa shape index (κ2) is 14.6. The van der Waals surface area contributed by atoms with Gasteiger partial charge in [-0.2, -0.15) is 44.5 Å². The van der Waals surface area contributed by atoms with Crippen LogP contribution in [-0.4, -0.2) is 45.8 Å². The van der Waals surface area contributed by atoms with Crippen molar-refractivity contribution >= 4 is 58.3 Å². The number of phenols is 1. The van der Waals surface area contributed by atoms with Crippen LogP contribution in [0.4, 0.5) is 51.0 Å². The second-order valence-corrected chi connectivity index (χ2v) is 15.9. The summed E-state index contributed by atoms with van der Waals surface area (Å²) < 4.78 is 130. The number of ether oxygens (including phenoxy) is 1. The van der Waals surface area contributed by atoms with Gasteiger partial charge in [0.1, 0.15) is 0 Å². The molecule has 324 valence electrons. The lowest BCUT2D eigenvalue weighted by Crippen LogP contribution is -2.53. The van der Waals surface area contributed by atoms with Gasteiger partial charge in [-0.3, -0.25) is 24.6 Å². The van der Waals surface area contributed by atoms with E-state index in [4.69, 9.17) is 27.9 Å². The average molecular weight is 914 g/mol. The van der Waals surface area contributed by atoms with Crippen molar-refractivity contribution in [2.24, 2.45) is 23.7 Å². The Hall–Kier alpha value is -5.82. The number of fused-ring (bicyclic) bond motifs is 4. The lowest BCUT2D eigenvalue weighted by atomic mass is 9.49. The first-order valence-electron chi connectivity index (χ1n) is 18.4. The molecule has 2 N–H and O–H groups in total. The van der Waals surface area contributed by atoms with Crippen LogP contribution < -0.4 is 15.1 Å². The molecule has 0 bridgehead atoms. The number of amides is 4. The van der Waals surface area contributed by atoms with Gasteiger partial charge in [0.25, 0.3) is 11.8 Å². The van der Waals surface area contributed by atoms with Crippen LogP contribution in [0.25, 0.3) is 0 Å². The van der Waals surface area contributed by atoms with Gasteiger partial charge in [0.05, 0.1) is 57.7 Å². The highest BCUT2D eigenvalue weighted by Gasteiger charge is 2.71. The van der Waals surface area contributed by atoms with Crippen molar-refractivity contribution in [2.45, 2.75) is 42.7 Å². The van der Waals surface area contributed by atoms with Crippen LogP contribution >= 0.6 is 23.2 Å². The number of rotatable bonds is 6. The molecule has 3 heterocycles. The van der Waals surface area contributed by atoms with Crippen LogP contribution in [0, 0.1) is 23.7 Å². The topological polar surface area (TPSA) is 129 Å². The number of hydrogen-bond donors (Lipinski definition) is 2. The number of hydrogen-bond acceptors (Lipinski definition) is 8. The minimum Gasteiger partial charge on any atom is -0.504 e. The number of halogens is 11. The first-order chi connectivity index (χ1) is 29.0. The van der Waals surface area contributed by atoms with Gasteiger partial charge in [0.2, 0.25) is 11.8 Å². The molecule has 62 heavy (non-hydrogen) atoms. The molecule has 3 fully saturated rings. The molecule has 3 aromatic carbocycles. The summed E-state index contributed by atoms with van der Waals surface area (Å²) in [6, 6.07) is 10.8. The van der Waals surface area contributed by atoms with E-state index in [1.807, 2.05) is 0 Å². The van der Waals surface area contributed by atoms with E-state index in [1.54, 1.807) is 0 Å². The van der Waals surface area contributed by atoms with Crippen molar-refractivity contribution in [3.8, 4) is 11.5 Å². The second-order valence-electron chi connectivity index (χ2n) is 15.1. The Morgan fingerprint density at radius 2 is 1.44 bits per heavy atom. The van der Waals surface area contributed by atoms with Gasteiger partial charge in [-0.1, -0.05) is 59.1 Å². The zero-order chi connectivity index (χ0) is 45.0. The van der Waals surface area contributed by atoms with Gasteiger partial charge in [0.15, 0.2) is 17.3 Å². The highest BCUT2D eigenvalue weighted by atomic mass is 35.5. The molecule has 1 aromatic heterocycles. The Morgan fingerprint density at radius 1 is 0.806 bits per heavy atom. The van der Waals surface area contributed by atoms with Crippen LogP contribution in [0.15, 0.2) is 84.6 Å². The molecule has 10 nitrogen and oxygen atoms in total. The molecule has 2 aliphatic heterocycles. The van der Waals surface area contributed by atoms with Crippen molar-refractivity contribution in [1.82, 2.24) is 9.99 Å². The quantitative estimate of drug-likeness (QED) is 0.111. The maximum absolute atomic E-state index is 15.3. The number of methoxy groups -OCH3 is 1. The number of phenolic OH excluding ortho intramolecular Hbond substituents is 1. The lowest BCUT2D eigenvalue weighted by Gasteiger charge is -2.50. The third kappa shape index (κ3) is 6.62. The van der Waals surface area contributed by atoms with Crippen LogP contribution in [-0.2, 0) is 43.1 Å². The first kappa shape index (κ1) is 42.9. The normalized spacial score (nSPS) is 25.1. The summed E-state index contributed by atoms with van der Waals surface area (Å²) in [5.74, 6) is -12.6. The van der Waals surface area contributed by atoms with Crippen molar-refractivity contribution in [3.63, 3.8) is 0 Å². The average Bonchev–Trinajstić information content (AvgIpc) is 3.58. The molecule has 0 spiro atoms. The van der Waals surface area contributed by atoms with Gasteiger partial charge < -0.3 is 9.84 Å². The van der Waals surface area contributed by atoms with Crippen LogP contribution in [0.2, 0.25) is 10.0 Å². The Balaban J connectivity index is 1.31. The number of benzene rings is 3. The Bertz CT molecular complexity index is 2570. The summed E-state index contributed by atoms with van der Waals surface area (Å²) in [5, 5.41) is 11.8. The minimum absolute atomic E-state index is 0.0336. The van der Waals surface area contributed by atoms with Crippen molar-refractivity contribution in [2.75, 3.05) is 17.4 Å². The third-order valence-corrected chi connectivity index (χ3v) is 12.5. The summed E-state index contributed by atoms with van der Waals surface area (Å²) >= 11 is 12.5. The summed E-state index contributed by atoms with van der Waals surface area (Å²) in [4.78, 5) is 62.8. The van der Waals surface area contributed by atoms with E-state index in [2.05, 4.69) is 10.4 Å². The van der Waals surface area contributed by atoms with E-state index < -0.39 is 123 Å². The van der Waals surface area contributed by atoms with Crippen LogP contribution in [0.1, 0.15) is 46.6 Å². The molecule has 21 heteroatoms. The van der Waals surface area contributed by atoms with Gasteiger partial charge in [-0.05, 0) is 66.8 Å². The van der Waals surface area contributed by atoms with Gasteiger partial charge in [0, 0.05) is 22.7 Å². The van der Waals surface area contributed by atoms with E-state index >= 15 is 4.79 Å². The number of pyridine rings is 1. The number of imide groups is 2. The number of hydrazine groups is 1. The maximum atomic E-state index is 15.3. The number of carbonyl (C=O) groups is 4. The molecule has 4 aliphatic rings. The Morgan fingerprint density at radius 3 is 2.02 bits per heavy atom. The van der Waals surface area contributed by atoms with Crippen molar-refractivity contribution in [1.29, 1.82) is 0 Å². The van der Waals surface area contributed by atoms with E-state index in [0.29, 0.717) is 17.3 Å². The number of alkyl halides is 9. The standard InChI is InChI=1S/C41H27Cl2F9N4O6/c1-62-29-4-2-3-25(32(29)57)31-23-9-10-24-30(36(60)55(34(24)58)22-12-18(39(44,45)46)11-19(13-22)40(47,48)49)26(23)15-27-35(59)56(37(61)38(27,31)17-5-7-21(42)8-6-17)54-33-28(43)14-20(16-53-33)41(50,51)52/h2-9,11-14,16,24,26-27,30-31,57H,10,15H2,1H3,(H,53,54)/t24-,26+,27-,30-,31+,38+/m0/s1. The SMILES string of the molecule is COc1cccc([C@H]2C3=CC[C@@H]4C(=O)N(c5cc(C(F)(F)F)cc(C(F)(F)F)c5)C(=O)[C@@H]4[C@@H]3C[C@H]3C(=O)N(Nc4ncc(C(F)(F)F)cc4Cl)C(=O)[C@@]23c2ccc(Cl)cc2)c1O. The van der Waals surface area contributed by atoms with E-state index in [-0.39, 0.29) is 57.0 Å². The molecular formula is C41H27Cl2F9N4O6. The molecule has 4 amide bonds. The van der Waals surface area contributed by atoms with Crippen LogP contribution in [0.5, 0.6) is 11.5 Å². The van der Waals surface area contributed by atoms with Gasteiger partial charge in [-0.25, -0.2) is 9.88 Å². The first-order valence-corrected chi connectivity index (χ1v) is 19.1. The smallest absolute Gasteiger partial charge is 0.417 e. The summed E-state index contributed by atoms with van der Waals surface area (Å²) in [6.07, 6.45) is -14.4. The fourth-order valence-electron chi connectivity index (χ4n) is 9.39. The number of anilines is 2. The fraction of sp³-hybridized carbons (Fsp3) is 0.293. The maximum Gasteiger partial charge on any atom is 0.417 e. The molecule has 8 rings (SSSR count). The lowest BCUT2D eigenvalue weighted by molar-refractivity contribution is -0.143. The number of nitrogens with one attached hydrogen (secondary N) is 1. The molecule has 1 saturated carbocycles. The van der Waals surface area contributed by atoms with Crippen LogP contribution in [0.3, 0.4) is 0 Å². The summed E-state index contributed by atoms with van der Waals surface area (Å²) in [7, 11) is 1.23. The summed E-state index contributed by atoms with van der Waals surface area (Å²) in [5.41, 5.74) is -5.14. The molecular weight excluding hydrogens is 886 g/mol. The zero-order valence-corrected chi connectivity index (χ0v) is 32.8. The molecule has 0 unspecified atom stereocenters. The number of aromatic hydroxyl groups is 1. The summed E-state index contributed by atoms with van der Waals surface area (Å²) in [6.45, 7) is 0. The highest BCUT2D eigenvalue weighted by Crippen LogP contribution is 2.65. The number of aromatic nitrogens is 1. The van der Waals surface area contributed by atoms with E-state index in [1.165, 1.54) is 55.7 Å². The molecule has 0 radical (unpaired) electrons. The fourth-order valence-corrected chi connectivity index (χ4v) is 9.72. The van der Waals surface area contributed by atoms with Crippen molar-refractivity contribution in [3.05, 3.63) is 122 Å². The van der Waals surface area contributed by atoms with E-state index in [0.717, 1.165) is 0 Å². The predicted octanol–water partition coefficient (Wildman–Crippen LogP) is 9.35. The molecule has 2 aliphatic carbocycles. The Labute approximate surface area is 353 Å².